The predicted molar refractivity (Wildman–Crippen MR) is 111 cm³/mol. The van der Waals surface area contributed by atoms with Crippen LogP contribution in [0.3, 0.4) is 0 Å². The van der Waals surface area contributed by atoms with Crippen molar-refractivity contribution in [3.63, 3.8) is 0 Å². The Hall–Kier alpha value is -4.24. The second kappa shape index (κ2) is 9.30. The van der Waals surface area contributed by atoms with Crippen molar-refractivity contribution in [3.8, 4) is 11.8 Å². The highest BCUT2D eigenvalue weighted by Crippen LogP contribution is 2.18. The Morgan fingerprint density at radius 3 is 2.30 bits per heavy atom. The van der Waals surface area contributed by atoms with Crippen LogP contribution >= 0.6 is 0 Å². The van der Waals surface area contributed by atoms with Crippen molar-refractivity contribution in [3.05, 3.63) is 101 Å². The van der Waals surface area contributed by atoms with Gasteiger partial charge in [0.05, 0.1) is 11.3 Å². The number of hydrogen-bond acceptors (Lipinski definition) is 4. The molecule has 0 aromatic heterocycles. The predicted octanol–water partition coefficient (Wildman–Crippen LogP) is 4.90. The van der Waals surface area contributed by atoms with Crippen LogP contribution < -0.4 is 10.1 Å². The lowest BCUT2D eigenvalue weighted by Crippen LogP contribution is -2.14. The molecule has 0 saturated heterocycles. The molecule has 0 heterocycles. The highest BCUT2D eigenvalue weighted by atomic mass is 19.1. The van der Waals surface area contributed by atoms with E-state index in [1.54, 1.807) is 48.5 Å². The number of amides is 1. The molecule has 0 saturated carbocycles. The van der Waals surface area contributed by atoms with Gasteiger partial charge in [-0.05, 0) is 55.0 Å². The third-order valence-corrected chi connectivity index (χ3v) is 4.18. The molecule has 0 bridgehead atoms. The van der Waals surface area contributed by atoms with E-state index in [-0.39, 0.29) is 11.3 Å². The summed E-state index contributed by atoms with van der Waals surface area (Å²) < 4.78 is 19.0. The van der Waals surface area contributed by atoms with E-state index in [1.807, 2.05) is 19.1 Å². The van der Waals surface area contributed by atoms with Gasteiger partial charge in [-0.3, -0.25) is 4.79 Å². The largest absolute Gasteiger partial charge is 0.423 e. The summed E-state index contributed by atoms with van der Waals surface area (Å²) in [4.78, 5) is 24.4. The van der Waals surface area contributed by atoms with Gasteiger partial charge in [0.1, 0.15) is 23.2 Å². The average Bonchev–Trinajstić information content (AvgIpc) is 2.75. The van der Waals surface area contributed by atoms with Crippen molar-refractivity contribution in [2.45, 2.75) is 6.92 Å². The summed E-state index contributed by atoms with van der Waals surface area (Å²) in [5.74, 6) is -1.48. The molecule has 148 valence electrons. The van der Waals surface area contributed by atoms with Crippen molar-refractivity contribution in [1.82, 2.24) is 0 Å². The maximum absolute atomic E-state index is 13.7. The maximum atomic E-state index is 13.7. The van der Waals surface area contributed by atoms with Gasteiger partial charge >= 0.3 is 5.97 Å². The second-order valence-corrected chi connectivity index (χ2v) is 6.43. The van der Waals surface area contributed by atoms with Crippen molar-refractivity contribution >= 4 is 23.6 Å². The van der Waals surface area contributed by atoms with Crippen LogP contribution in [0.2, 0.25) is 0 Å². The zero-order valence-corrected chi connectivity index (χ0v) is 16.1. The number of carbonyl (C=O) groups is 2. The molecule has 0 aliphatic heterocycles. The van der Waals surface area contributed by atoms with E-state index in [1.165, 1.54) is 24.3 Å². The van der Waals surface area contributed by atoms with Gasteiger partial charge in [-0.15, -0.1) is 0 Å². The molecule has 0 aliphatic rings. The van der Waals surface area contributed by atoms with Crippen LogP contribution in [0.5, 0.6) is 5.75 Å². The van der Waals surface area contributed by atoms with E-state index >= 15 is 0 Å². The van der Waals surface area contributed by atoms with E-state index in [2.05, 4.69) is 5.32 Å². The summed E-state index contributed by atoms with van der Waals surface area (Å²) in [5, 5.41) is 11.6. The third-order valence-electron chi connectivity index (χ3n) is 4.18. The number of nitrogens with zero attached hydrogens (tertiary/aromatic N) is 1. The molecule has 0 unspecified atom stereocenters. The topological polar surface area (TPSA) is 79.2 Å². The highest BCUT2D eigenvalue weighted by molar-refractivity contribution is 6.09. The molecule has 0 fully saturated rings. The SMILES string of the molecule is Cc1ccc(C(=O)Oc2ccc(/C=C(/C#N)C(=O)Nc3ccccc3F)cc2)cc1. The lowest BCUT2D eigenvalue weighted by molar-refractivity contribution is -0.112. The first kappa shape index (κ1) is 20.5. The monoisotopic (exact) mass is 400 g/mol. The Kier molecular flexibility index (Phi) is 6.36. The molecule has 30 heavy (non-hydrogen) atoms. The fourth-order valence-electron chi connectivity index (χ4n) is 2.56. The molecule has 0 spiro atoms. The molecule has 5 nitrogen and oxygen atoms in total. The Morgan fingerprint density at radius 1 is 1.00 bits per heavy atom. The Balaban J connectivity index is 1.69. The van der Waals surface area contributed by atoms with Crippen molar-refractivity contribution in [1.29, 1.82) is 5.26 Å². The minimum absolute atomic E-state index is 0.0120. The molecule has 1 amide bonds. The van der Waals surface area contributed by atoms with Gasteiger partial charge < -0.3 is 10.1 Å². The summed E-state index contributed by atoms with van der Waals surface area (Å²) >= 11 is 0. The van der Waals surface area contributed by atoms with E-state index in [9.17, 15) is 19.2 Å². The van der Waals surface area contributed by atoms with E-state index in [0.717, 1.165) is 5.56 Å². The number of para-hydroxylation sites is 1. The van der Waals surface area contributed by atoms with Gasteiger partial charge in [0, 0.05) is 0 Å². The number of anilines is 1. The van der Waals surface area contributed by atoms with Crippen LogP contribution in [0, 0.1) is 24.1 Å². The number of rotatable bonds is 5. The number of carbonyl (C=O) groups excluding carboxylic acids is 2. The van der Waals surface area contributed by atoms with Crippen LogP contribution in [0.15, 0.2) is 78.4 Å². The van der Waals surface area contributed by atoms with E-state index in [0.29, 0.717) is 16.9 Å². The van der Waals surface area contributed by atoms with E-state index in [4.69, 9.17) is 4.74 Å². The molecular formula is C24H17FN2O3. The zero-order valence-electron chi connectivity index (χ0n) is 16.1. The van der Waals surface area contributed by atoms with Gasteiger partial charge in [0.25, 0.3) is 5.91 Å². The minimum Gasteiger partial charge on any atom is -0.423 e. The summed E-state index contributed by atoms with van der Waals surface area (Å²) in [7, 11) is 0. The standard InChI is InChI=1S/C24H17FN2O3/c1-16-6-10-18(11-7-16)24(29)30-20-12-8-17(9-13-20)14-19(15-26)23(28)27-22-5-3-2-4-21(22)25/h2-14H,1H3,(H,27,28)/b19-14-. The van der Waals surface area contributed by atoms with Crippen LogP contribution in [0.4, 0.5) is 10.1 Å². The summed E-state index contributed by atoms with van der Waals surface area (Å²) in [6.45, 7) is 1.92. The van der Waals surface area contributed by atoms with Gasteiger partial charge in [0.15, 0.2) is 0 Å². The van der Waals surface area contributed by atoms with Crippen LogP contribution in [-0.2, 0) is 4.79 Å². The summed E-state index contributed by atoms with van der Waals surface area (Å²) in [6, 6.07) is 20.8. The van der Waals surface area contributed by atoms with E-state index < -0.39 is 17.7 Å². The normalized spacial score (nSPS) is 10.8. The van der Waals surface area contributed by atoms with Crippen LogP contribution in [0.25, 0.3) is 6.08 Å². The van der Waals surface area contributed by atoms with Crippen molar-refractivity contribution < 1.29 is 18.7 Å². The number of hydrogen-bond donors (Lipinski definition) is 1. The number of halogens is 1. The maximum Gasteiger partial charge on any atom is 0.343 e. The van der Waals surface area contributed by atoms with Gasteiger partial charge in [-0.1, -0.05) is 42.0 Å². The molecular weight excluding hydrogens is 383 g/mol. The Morgan fingerprint density at radius 2 is 1.67 bits per heavy atom. The average molecular weight is 400 g/mol. The molecule has 1 N–H and O–H groups in total. The van der Waals surface area contributed by atoms with Gasteiger partial charge in [-0.2, -0.15) is 5.26 Å². The second-order valence-electron chi connectivity index (χ2n) is 6.43. The number of nitrogens with one attached hydrogen (secondary N) is 1. The molecule has 6 heteroatoms. The van der Waals surface area contributed by atoms with Crippen molar-refractivity contribution in [2.24, 2.45) is 0 Å². The smallest absolute Gasteiger partial charge is 0.343 e. The van der Waals surface area contributed by atoms with Crippen molar-refractivity contribution in [2.75, 3.05) is 5.32 Å². The molecule has 3 aromatic rings. The highest BCUT2D eigenvalue weighted by Gasteiger charge is 2.12. The number of benzene rings is 3. The lowest BCUT2D eigenvalue weighted by atomic mass is 10.1. The number of esters is 1. The first-order valence-corrected chi connectivity index (χ1v) is 9.03. The number of nitriles is 1. The first-order valence-electron chi connectivity index (χ1n) is 9.03. The molecule has 3 rings (SSSR count). The third kappa shape index (κ3) is 5.18. The molecule has 3 aromatic carbocycles. The number of ether oxygens (including phenoxy) is 1. The summed E-state index contributed by atoms with van der Waals surface area (Å²) in [5.41, 5.74) is 1.81. The van der Waals surface area contributed by atoms with Gasteiger partial charge in [0.2, 0.25) is 0 Å². The minimum atomic E-state index is -0.725. The fraction of sp³-hybridized carbons (Fsp3) is 0.0417. The quantitative estimate of drug-likeness (QED) is 0.286. The van der Waals surface area contributed by atoms with Crippen LogP contribution in [-0.4, -0.2) is 11.9 Å². The zero-order chi connectivity index (χ0) is 21.5. The Bertz CT molecular complexity index is 1140. The molecule has 0 atom stereocenters. The Labute approximate surface area is 173 Å². The first-order chi connectivity index (χ1) is 14.5. The molecule has 0 radical (unpaired) electrons. The fourth-order valence-corrected chi connectivity index (χ4v) is 2.56. The van der Waals surface area contributed by atoms with Crippen LogP contribution in [0.1, 0.15) is 21.5 Å². The van der Waals surface area contributed by atoms with Gasteiger partial charge in [-0.25, -0.2) is 9.18 Å². The summed E-state index contributed by atoms with van der Waals surface area (Å²) in [6.07, 6.45) is 1.36. The number of aryl methyl sites for hydroxylation is 1. The lowest BCUT2D eigenvalue weighted by Gasteiger charge is -2.06. The molecule has 0 aliphatic carbocycles.